The Morgan fingerprint density at radius 3 is 2.95 bits per heavy atom. The fraction of sp³-hybridized carbons (Fsp3) is 0.312. The van der Waals surface area contributed by atoms with E-state index in [2.05, 4.69) is 4.98 Å². The molecule has 22 heavy (non-hydrogen) atoms. The lowest BCUT2D eigenvalue weighted by Gasteiger charge is -2.15. The third-order valence-electron chi connectivity index (χ3n) is 3.29. The zero-order valence-corrected chi connectivity index (χ0v) is 13.5. The number of benzene rings is 1. The minimum Gasteiger partial charge on any atom is -0.344 e. The predicted molar refractivity (Wildman–Crippen MR) is 86.9 cm³/mol. The quantitative estimate of drug-likeness (QED) is 0.769. The van der Waals surface area contributed by atoms with E-state index in [4.69, 9.17) is 5.26 Å². The van der Waals surface area contributed by atoms with Gasteiger partial charge in [-0.25, -0.2) is 4.98 Å². The molecule has 0 fully saturated rings. The molecule has 0 aliphatic rings. The fourth-order valence-electron chi connectivity index (χ4n) is 1.99. The van der Waals surface area contributed by atoms with Crippen LogP contribution in [0.5, 0.6) is 0 Å². The highest BCUT2D eigenvalue weighted by molar-refractivity contribution is 7.99. The van der Waals surface area contributed by atoms with E-state index in [-0.39, 0.29) is 5.91 Å². The van der Waals surface area contributed by atoms with Gasteiger partial charge < -0.3 is 4.90 Å². The van der Waals surface area contributed by atoms with Gasteiger partial charge in [0.25, 0.3) is 0 Å². The van der Waals surface area contributed by atoms with Crippen molar-refractivity contribution in [2.24, 2.45) is 0 Å². The highest BCUT2D eigenvalue weighted by Crippen LogP contribution is 2.22. The van der Waals surface area contributed by atoms with E-state index in [9.17, 15) is 4.79 Å². The summed E-state index contributed by atoms with van der Waals surface area (Å²) in [5, 5.41) is 9.35. The van der Waals surface area contributed by atoms with Crippen molar-refractivity contribution in [3.05, 3.63) is 42.2 Å². The van der Waals surface area contributed by atoms with Crippen molar-refractivity contribution in [2.45, 2.75) is 18.5 Å². The van der Waals surface area contributed by atoms with Crippen LogP contribution >= 0.6 is 11.8 Å². The molecule has 5 nitrogen and oxygen atoms in total. The summed E-state index contributed by atoms with van der Waals surface area (Å²) in [5.41, 5.74) is 2.22. The van der Waals surface area contributed by atoms with E-state index in [1.54, 1.807) is 18.1 Å². The molecule has 1 heterocycles. The first-order valence-corrected chi connectivity index (χ1v) is 7.95. The van der Waals surface area contributed by atoms with Gasteiger partial charge in [0.15, 0.2) is 5.16 Å². The van der Waals surface area contributed by atoms with Gasteiger partial charge in [-0.2, -0.15) is 5.26 Å². The Bertz CT molecular complexity index is 689. The summed E-state index contributed by atoms with van der Waals surface area (Å²) >= 11 is 1.40. The number of hydrogen-bond donors (Lipinski definition) is 0. The molecule has 0 N–H and O–H groups in total. The number of hydrogen-bond acceptors (Lipinski definition) is 4. The van der Waals surface area contributed by atoms with Gasteiger partial charge in [0, 0.05) is 26.0 Å². The first kappa shape index (κ1) is 16.1. The van der Waals surface area contributed by atoms with Crippen molar-refractivity contribution >= 4 is 17.7 Å². The van der Waals surface area contributed by atoms with E-state index in [1.807, 2.05) is 48.0 Å². The lowest BCUT2D eigenvalue weighted by Crippen LogP contribution is -2.29. The van der Waals surface area contributed by atoms with Crippen molar-refractivity contribution in [3.8, 4) is 11.8 Å². The summed E-state index contributed by atoms with van der Waals surface area (Å²) in [6.07, 6.45) is 3.98. The van der Waals surface area contributed by atoms with Crippen LogP contribution in [0.1, 0.15) is 12.0 Å². The molecule has 0 aliphatic carbocycles. The van der Waals surface area contributed by atoms with Crippen LogP contribution in [0, 0.1) is 18.3 Å². The van der Waals surface area contributed by atoms with Gasteiger partial charge in [0.05, 0.1) is 23.9 Å². The lowest BCUT2D eigenvalue weighted by atomic mass is 10.2. The summed E-state index contributed by atoms with van der Waals surface area (Å²) < 4.78 is 1.99. The Morgan fingerprint density at radius 2 is 2.23 bits per heavy atom. The number of carbonyl (C=O) groups excluding carboxylic acids is 1. The summed E-state index contributed by atoms with van der Waals surface area (Å²) in [5.74, 6) is 0.310. The first-order valence-electron chi connectivity index (χ1n) is 6.96. The number of aromatic nitrogens is 2. The van der Waals surface area contributed by atoms with Gasteiger partial charge in [0.2, 0.25) is 5.91 Å². The van der Waals surface area contributed by atoms with Crippen LogP contribution < -0.4 is 0 Å². The van der Waals surface area contributed by atoms with E-state index < -0.39 is 0 Å². The van der Waals surface area contributed by atoms with Gasteiger partial charge in [-0.05, 0) is 18.6 Å². The minimum absolute atomic E-state index is 0.000386. The molecule has 2 aromatic rings. The van der Waals surface area contributed by atoms with Gasteiger partial charge in [0.1, 0.15) is 0 Å². The van der Waals surface area contributed by atoms with Crippen molar-refractivity contribution in [1.82, 2.24) is 14.5 Å². The number of thioether (sulfide) groups is 1. The Balaban J connectivity index is 2.04. The van der Waals surface area contributed by atoms with Crippen LogP contribution in [0.3, 0.4) is 0 Å². The number of para-hydroxylation sites is 1. The number of nitrogens with zero attached hydrogens (tertiary/aromatic N) is 4. The Morgan fingerprint density at radius 1 is 1.45 bits per heavy atom. The van der Waals surface area contributed by atoms with Crippen LogP contribution in [0.4, 0.5) is 0 Å². The molecule has 0 spiro atoms. The molecule has 0 unspecified atom stereocenters. The van der Waals surface area contributed by atoms with Crippen LogP contribution in [-0.4, -0.2) is 39.7 Å². The van der Waals surface area contributed by atoms with Crippen molar-refractivity contribution in [3.63, 3.8) is 0 Å². The molecule has 1 aromatic heterocycles. The Kier molecular flexibility index (Phi) is 5.61. The molecular formula is C16H18N4OS. The smallest absolute Gasteiger partial charge is 0.232 e. The van der Waals surface area contributed by atoms with Crippen molar-refractivity contribution in [1.29, 1.82) is 5.26 Å². The largest absolute Gasteiger partial charge is 0.344 e. The third kappa shape index (κ3) is 3.89. The van der Waals surface area contributed by atoms with Crippen LogP contribution in [-0.2, 0) is 4.79 Å². The number of imidazole rings is 1. The normalized spacial score (nSPS) is 10.2. The number of aryl methyl sites for hydroxylation is 1. The molecule has 1 aromatic carbocycles. The average Bonchev–Trinajstić information content (AvgIpc) is 2.99. The molecular weight excluding hydrogens is 296 g/mol. The predicted octanol–water partition coefficient (Wildman–Crippen LogP) is 2.64. The highest BCUT2D eigenvalue weighted by atomic mass is 32.2. The summed E-state index contributed by atoms with van der Waals surface area (Å²) in [4.78, 5) is 17.9. The van der Waals surface area contributed by atoms with Gasteiger partial charge in [-0.3, -0.25) is 9.36 Å². The van der Waals surface area contributed by atoms with Crippen LogP contribution in [0.2, 0.25) is 0 Å². The van der Waals surface area contributed by atoms with Crippen molar-refractivity contribution < 1.29 is 4.79 Å². The SMILES string of the molecule is Cc1ccccc1-n1ccnc1SCC(=O)N(C)CCC#N. The zero-order valence-electron chi connectivity index (χ0n) is 12.7. The van der Waals surface area contributed by atoms with Gasteiger partial charge in [-0.1, -0.05) is 30.0 Å². The van der Waals surface area contributed by atoms with Gasteiger partial charge in [-0.15, -0.1) is 0 Å². The van der Waals surface area contributed by atoms with E-state index in [1.165, 1.54) is 11.8 Å². The molecule has 0 aliphatic heterocycles. The number of nitriles is 1. The summed E-state index contributed by atoms with van der Waals surface area (Å²) in [7, 11) is 1.72. The molecule has 0 saturated heterocycles. The fourth-order valence-corrected chi connectivity index (χ4v) is 2.90. The average molecular weight is 314 g/mol. The molecule has 114 valence electrons. The monoisotopic (exact) mass is 314 g/mol. The second kappa shape index (κ2) is 7.66. The molecule has 0 saturated carbocycles. The van der Waals surface area contributed by atoms with E-state index >= 15 is 0 Å². The second-order valence-electron chi connectivity index (χ2n) is 4.88. The standard InChI is InChI=1S/C16H18N4OS/c1-13-6-3-4-7-14(13)20-11-9-18-16(20)22-12-15(21)19(2)10-5-8-17/h3-4,6-7,9,11H,5,10,12H2,1-2H3. The maximum Gasteiger partial charge on any atom is 0.232 e. The Hall–Kier alpha value is -2.26. The number of rotatable bonds is 6. The topological polar surface area (TPSA) is 61.9 Å². The number of amides is 1. The molecule has 0 bridgehead atoms. The minimum atomic E-state index is -0.000386. The summed E-state index contributed by atoms with van der Waals surface area (Å²) in [6.45, 7) is 2.51. The van der Waals surface area contributed by atoms with Crippen LogP contribution in [0.25, 0.3) is 5.69 Å². The third-order valence-corrected chi connectivity index (χ3v) is 4.24. The molecule has 0 radical (unpaired) electrons. The molecule has 1 amide bonds. The Labute approximate surface area is 134 Å². The first-order chi connectivity index (χ1) is 10.6. The molecule has 2 rings (SSSR count). The summed E-state index contributed by atoms with van der Waals surface area (Å²) in [6, 6.07) is 10.1. The van der Waals surface area contributed by atoms with Crippen molar-refractivity contribution in [2.75, 3.05) is 19.3 Å². The van der Waals surface area contributed by atoms with E-state index in [0.29, 0.717) is 18.7 Å². The second-order valence-corrected chi connectivity index (χ2v) is 5.82. The highest BCUT2D eigenvalue weighted by Gasteiger charge is 2.12. The maximum atomic E-state index is 12.0. The zero-order chi connectivity index (χ0) is 15.9. The molecule has 6 heteroatoms. The lowest BCUT2D eigenvalue weighted by molar-refractivity contribution is -0.127. The number of carbonyl (C=O) groups is 1. The molecule has 0 atom stereocenters. The van der Waals surface area contributed by atoms with Gasteiger partial charge >= 0.3 is 0 Å². The maximum absolute atomic E-state index is 12.0. The van der Waals surface area contributed by atoms with E-state index in [0.717, 1.165) is 16.4 Å². The van der Waals surface area contributed by atoms with Crippen LogP contribution in [0.15, 0.2) is 41.8 Å².